The number of aliphatic imine (C=N–C) groups is 1. The molecule has 0 radical (unpaired) electrons. The number of nitrogens with one attached hydrogen (secondary N) is 2. The predicted molar refractivity (Wildman–Crippen MR) is 82.7 cm³/mol. The van der Waals surface area contributed by atoms with E-state index in [0.29, 0.717) is 5.69 Å². The summed E-state index contributed by atoms with van der Waals surface area (Å²) in [5, 5.41) is 8.90. The van der Waals surface area contributed by atoms with Crippen molar-refractivity contribution in [3.8, 4) is 0 Å². The van der Waals surface area contributed by atoms with Gasteiger partial charge in [-0.2, -0.15) is 22.4 Å². The van der Waals surface area contributed by atoms with Crippen molar-refractivity contribution in [1.29, 1.82) is 0 Å². The molecule has 2 heterocycles. The highest BCUT2D eigenvalue weighted by atomic mass is 32.2. The number of hydrogen-bond acceptors (Lipinski definition) is 7. The molecule has 12 heteroatoms. The van der Waals surface area contributed by atoms with Crippen molar-refractivity contribution in [3.05, 3.63) is 23.7 Å². The monoisotopic (exact) mass is 366 g/mol. The standard InChI is InChI=1S/C12H17F3N6O2S/c1-4-11(16)9(12(13,14)15)5-17-10(19-11)18-8-6-21(20-7(8)2)24(3,22)23/h5-6H,4,16H2,1-3H3,(H2,17,18,19). The Hall–Kier alpha value is -2.08. The van der Waals surface area contributed by atoms with Crippen LogP contribution in [0.25, 0.3) is 0 Å². The van der Waals surface area contributed by atoms with Crippen molar-refractivity contribution in [3.63, 3.8) is 0 Å². The Morgan fingerprint density at radius 3 is 2.54 bits per heavy atom. The van der Waals surface area contributed by atoms with Crippen LogP contribution in [-0.4, -0.2) is 41.7 Å². The molecule has 0 aromatic carbocycles. The molecule has 134 valence electrons. The lowest BCUT2D eigenvalue weighted by Crippen LogP contribution is -2.51. The molecule has 8 nitrogen and oxygen atoms in total. The topological polar surface area (TPSA) is 114 Å². The Bertz CT molecular complexity index is 811. The minimum absolute atomic E-state index is 0.0384. The van der Waals surface area contributed by atoms with Gasteiger partial charge in [0, 0.05) is 6.20 Å². The number of anilines is 1. The Balaban J connectivity index is 2.32. The maximum Gasteiger partial charge on any atom is 0.417 e. The summed E-state index contributed by atoms with van der Waals surface area (Å²) in [5.41, 5.74) is 3.44. The number of nitrogens with two attached hydrogens (primary N) is 1. The number of hydrogen-bond donors (Lipinski definition) is 3. The van der Waals surface area contributed by atoms with Gasteiger partial charge in [-0.3, -0.25) is 0 Å². The number of aryl methyl sites for hydroxylation is 1. The predicted octanol–water partition coefficient (Wildman–Crippen LogP) is 0.882. The third-order valence-electron chi connectivity index (χ3n) is 3.45. The fourth-order valence-electron chi connectivity index (χ4n) is 2.07. The summed E-state index contributed by atoms with van der Waals surface area (Å²) in [6, 6.07) is 0. The van der Waals surface area contributed by atoms with Crippen LogP contribution < -0.4 is 16.4 Å². The molecular weight excluding hydrogens is 349 g/mol. The van der Waals surface area contributed by atoms with Gasteiger partial charge in [-0.05, 0) is 13.3 Å². The van der Waals surface area contributed by atoms with E-state index in [1.807, 2.05) is 0 Å². The number of alkyl halides is 3. The van der Waals surface area contributed by atoms with Crippen LogP contribution in [-0.2, 0) is 10.0 Å². The van der Waals surface area contributed by atoms with Crippen molar-refractivity contribution < 1.29 is 21.6 Å². The summed E-state index contributed by atoms with van der Waals surface area (Å²) in [6.07, 6.45) is -1.78. The first-order valence-electron chi connectivity index (χ1n) is 6.84. The number of guanidine groups is 1. The highest BCUT2D eigenvalue weighted by Gasteiger charge is 2.47. The Kier molecular flexibility index (Phi) is 4.39. The highest BCUT2D eigenvalue weighted by Crippen LogP contribution is 2.36. The molecule has 0 amide bonds. The van der Waals surface area contributed by atoms with Gasteiger partial charge >= 0.3 is 6.18 Å². The van der Waals surface area contributed by atoms with E-state index in [0.717, 1.165) is 16.5 Å². The van der Waals surface area contributed by atoms with Crippen molar-refractivity contribution >= 4 is 21.7 Å². The van der Waals surface area contributed by atoms with Gasteiger partial charge < -0.3 is 16.4 Å². The fraction of sp³-hybridized carbons (Fsp3) is 0.500. The van der Waals surface area contributed by atoms with Crippen molar-refractivity contribution in [2.45, 2.75) is 32.1 Å². The molecule has 0 saturated heterocycles. The Morgan fingerprint density at radius 2 is 2.08 bits per heavy atom. The molecule has 2 rings (SSSR count). The van der Waals surface area contributed by atoms with E-state index in [-0.39, 0.29) is 18.1 Å². The van der Waals surface area contributed by atoms with E-state index >= 15 is 0 Å². The molecule has 0 saturated carbocycles. The molecule has 1 aliphatic heterocycles. The SMILES string of the molecule is CCC1(N)N=C(Nc2cn(S(C)(=O)=O)nc2C)NC=C1C(F)(F)F. The molecule has 0 aliphatic carbocycles. The molecule has 4 N–H and O–H groups in total. The molecule has 24 heavy (non-hydrogen) atoms. The van der Waals surface area contributed by atoms with E-state index in [1.165, 1.54) is 13.1 Å². The lowest BCUT2D eigenvalue weighted by Gasteiger charge is -2.32. The lowest BCUT2D eigenvalue weighted by molar-refractivity contribution is -0.101. The smallest absolute Gasteiger partial charge is 0.332 e. The van der Waals surface area contributed by atoms with Crippen LogP contribution in [0.4, 0.5) is 18.9 Å². The zero-order valence-corrected chi connectivity index (χ0v) is 14.0. The molecule has 1 aliphatic rings. The van der Waals surface area contributed by atoms with Gasteiger partial charge in [0.1, 0.15) is 5.66 Å². The van der Waals surface area contributed by atoms with Crippen LogP contribution in [0.3, 0.4) is 0 Å². The Labute approximate surface area is 136 Å². The van der Waals surface area contributed by atoms with Crippen LogP contribution in [0.1, 0.15) is 19.0 Å². The van der Waals surface area contributed by atoms with Gasteiger partial charge in [-0.1, -0.05) is 6.92 Å². The second-order valence-electron chi connectivity index (χ2n) is 5.33. The molecule has 1 unspecified atom stereocenters. The second kappa shape index (κ2) is 5.77. The van der Waals surface area contributed by atoms with Crippen LogP contribution >= 0.6 is 0 Å². The van der Waals surface area contributed by atoms with E-state index in [9.17, 15) is 21.6 Å². The van der Waals surface area contributed by atoms with Crippen molar-refractivity contribution in [2.24, 2.45) is 10.7 Å². The first-order valence-corrected chi connectivity index (χ1v) is 8.68. The molecular formula is C12H17F3N6O2S. The van der Waals surface area contributed by atoms with E-state index in [4.69, 9.17) is 5.73 Å². The van der Waals surface area contributed by atoms with Gasteiger partial charge in [0.2, 0.25) is 5.96 Å². The second-order valence-corrected chi connectivity index (χ2v) is 7.17. The number of halogens is 3. The third kappa shape index (κ3) is 3.53. The van der Waals surface area contributed by atoms with Crippen LogP contribution in [0.5, 0.6) is 0 Å². The minimum atomic E-state index is -4.62. The zero-order chi connectivity index (χ0) is 18.3. The summed E-state index contributed by atoms with van der Waals surface area (Å²) in [4.78, 5) is 3.89. The summed E-state index contributed by atoms with van der Waals surface area (Å²) < 4.78 is 62.7. The molecule has 0 spiro atoms. The largest absolute Gasteiger partial charge is 0.417 e. The Morgan fingerprint density at radius 1 is 1.46 bits per heavy atom. The number of aromatic nitrogens is 2. The average molecular weight is 366 g/mol. The fourth-order valence-corrected chi connectivity index (χ4v) is 2.64. The summed E-state index contributed by atoms with van der Waals surface area (Å²) in [5.74, 6) is -0.0384. The average Bonchev–Trinajstić information content (AvgIpc) is 2.79. The molecule has 1 aromatic heterocycles. The van der Waals surface area contributed by atoms with Crippen LogP contribution in [0.2, 0.25) is 0 Å². The van der Waals surface area contributed by atoms with Crippen molar-refractivity contribution in [2.75, 3.05) is 11.6 Å². The van der Waals surface area contributed by atoms with Gasteiger partial charge in [0.05, 0.1) is 29.4 Å². The highest BCUT2D eigenvalue weighted by molar-refractivity contribution is 7.89. The first kappa shape index (κ1) is 18.3. The van der Waals surface area contributed by atoms with Crippen LogP contribution in [0.15, 0.2) is 23.0 Å². The number of rotatable bonds is 3. The van der Waals surface area contributed by atoms with E-state index < -0.39 is 27.4 Å². The quantitative estimate of drug-likeness (QED) is 0.732. The molecule has 1 atom stereocenters. The summed E-state index contributed by atoms with van der Waals surface area (Å²) >= 11 is 0. The maximum absolute atomic E-state index is 13.0. The van der Waals surface area contributed by atoms with E-state index in [2.05, 4.69) is 20.7 Å². The third-order valence-corrected chi connectivity index (χ3v) is 4.31. The van der Waals surface area contributed by atoms with Gasteiger partial charge in [-0.25, -0.2) is 13.4 Å². The zero-order valence-electron chi connectivity index (χ0n) is 13.1. The maximum atomic E-state index is 13.0. The van der Waals surface area contributed by atoms with E-state index in [1.54, 1.807) is 6.92 Å². The van der Waals surface area contributed by atoms with Crippen molar-refractivity contribution in [1.82, 2.24) is 14.5 Å². The van der Waals surface area contributed by atoms with Gasteiger partial charge in [0.15, 0.2) is 0 Å². The molecule has 0 fully saturated rings. The number of nitrogens with zero attached hydrogens (tertiary/aromatic N) is 3. The molecule has 1 aromatic rings. The summed E-state index contributed by atoms with van der Waals surface area (Å²) in [7, 11) is -3.58. The van der Waals surface area contributed by atoms with Crippen LogP contribution in [0, 0.1) is 6.92 Å². The normalized spacial score (nSPS) is 21.8. The summed E-state index contributed by atoms with van der Waals surface area (Å²) in [6.45, 7) is 3.03. The lowest BCUT2D eigenvalue weighted by atomic mass is 9.97. The minimum Gasteiger partial charge on any atom is -0.332 e. The molecule has 0 bridgehead atoms. The first-order chi connectivity index (χ1) is 10.9. The van der Waals surface area contributed by atoms with Gasteiger partial charge in [0.25, 0.3) is 10.0 Å². The van der Waals surface area contributed by atoms with Gasteiger partial charge in [-0.15, -0.1) is 0 Å².